The van der Waals surface area contributed by atoms with Crippen LogP contribution in [0.25, 0.3) is 0 Å². The molecule has 1 aliphatic rings. The first-order valence-corrected chi connectivity index (χ1v) is 6.70. The maximum atomic E-state index is 12.2. The molecule has 0 radical (unpaired) electrons. The minimum atomic E-state index is -0.115. The summed E-state index contributed by atoms with van der Waals surface area (Å²) in [5, 5.41) is 12.2. The second-order valence-corrected chi connectivity index (χ2v) is 5.08. The van der Waals surface area contributed by atoms with Crippen LogP contribution in [0.1, 0.15) is 30.3 Å². The molecule has 5 nitrogen and oxygen atoms in total. The summed E-state index contributed by atoms with van der Waals surface area (Å²) >= 11 is 3.18. The van der Waals surface area contributed by atoms with Gasteiger partial charge in [-0.1, -0.05) is 12.1 Å². The highest BCUT2D eigenvalue weighted by Gasteiger charge is 2.29. The van der Waals surface area contributed by atoms with E-state index in [-0.39, 0.29) is 11.8 Å². The van der Waals surface area contributed by atoms with Crippen molar-refractivity contribution in [1.82, 2.24) is 4.90 Å². The molecule has 6 heteroatoms. The van der Waals surface area contributed by atoms with E-state index in [0.29, 0.717) is 29.9 Å². The van der Waals surface area contributed by atoms with Gasteiger partial charge in [0.05, 0.1) is 5.71 Å². The first-order chi connectivity index (χ1) is 8.65. The number of oxime groups is 1. The lowest BCUT2D eigenvalue weighted by Crippen LogP contribution is -2.43. The molecular formula is C12H15BrN2O3. The Labute approximate surface area is 114 Å². The second kappa shape index (κ2) is 5.56. The number of nitrogens with zero attached hydrogens (tertiary/aromatic N) is 2. The number of carbonyl (C=O) groups excluding carboxylic acids is 1. The number of furan rings is 1. The lowest BCUT2D eigenvalue weighted by molar-refractivity contribution is 0.0695. The van der Waals surface area contributed by atoms with E-state index < -0.39 is 0 Å². The molecule has 1 atom stereocenters. The molecule has 0 aliphatic carbocycles. The first-order valence-electron chi connectivity index (χ1n) is 5.91. The van der Waals surface area contributed by atoms with Crippen LogP contribution < -0.4 is 0 Å². The maximum absolute atomic E-state index is 12.2. The summed E-state index contributed by atoms with van der Waals surface area (Å²) in [5.41, 5.74) is 0.780. The molecule has 18 heavy (non-hydrogen) atoms. The average Bonchev–Trinajstić information content (AvgIpc) is 2.83. The van der Waals surface area contributed by atoms with Crippen molar-refractivity contribution in [2.45, 2.75) is 19.8 Å². The third-order valence-corrected chi connectivity index (χ3v) is 3.67. The Morgan fingerprint density at radius 2 is 2.44 bits per heavy atom. The van der Waals surface area contributed by atoms with Crippen LogP contribution in [0.4, 0.5) is 0 Å². The zero-order valence-electron chi connectivity index (χ0n) is 10.1. The van der Waals surface area contributed by atoms with Crippen molar-refractivity contribution in [2.24, 2.45) is 11.1 Å². The van der Waals surface area contributed by atoms with Crippen LogP contribution in [0.3, 0.4) is 0 Å². The number of rotatable bonds is 2. The first kappa shape index (κ1) is 13.1. The lowest BCUT2D eigenvalue weighted by Gasteiger charge is -2.32. The monoisotopic (exact) mass is 314 g/mol. The summed E-state index contributed by atoms with van der Waals surface area (Å²) in [6.45, 7) is 3.16. The Morgan fingerprint density at radius 3 is 3.00 bits per heavy atom. The van der Waals surface area contributed by atoms with E-state index in [1.807, 2.05) is 6.92 Å². The van der Waals surface area contributed by atoms with Crippen LogP contribution in [-0.2, 0) is 0 Å². The number of amides is 1. The van der Waals surface area contributed by atoms with E-state index in [0.717, 1.165) is 12.1 Å². The van der Waals surface area contributed by atoms with Crippen LogP contribution in [0.2, 0.25) is 0 Å². The number of halogens is 1. The predicted octanol–water partition coefficient (Wildman–Crippen LogP) is 2.74. The molecule has 1 unspecified atom stereocenters. The molecule has 1 aromatic heterocycles. The Hall–Kier alpha value is -1.30. The Morgan fingerprint density at radius 1 is 1.67 bits per heavy atom. The highest BCUT2D eigenvalue weighted by atomic mass is 79.9. The van der Waals surface area contributed by atoms with Gasteiger partial charge in [-0.05, 0) is 34.5 Å². The molecule has 1 saturated heterocycles. The van der Waals surface area contributed by atoms with E-state index in [2.05, 4.69) is 21.1 Å². The molecule has 2 heterocycles. The topological polar surface area (TPSA) is 66.0 Å². The van der Waals surface area contributed by atoms with Gasteiger partial charge in [-0.2, -0.15) is 0 Å². The van der Waals surface area contributed by atoms with Crippen molar-refractivity contribution >= 4 is 27.5 Å². The van der Waals surface area contributed by atoms with Crippen LogP contribution in [0, 0.1) is 5.92 Å². The Balaban J connectivity index is 2.09. The standard InChI is InChI=1S/C12H15BrN2O3/c1-2-8-7-15(6-5-9(8)14-17)12(16)10-3-4-11(13)18-10/h3-4,8,17H,2,5-7H2,1H3/b14-9+. The predicted molar refractivity (Wildman–Crippen MR) is 69.9 cm³/mol. The summed E-state index contributed by atoms with van der Waals surface area (Å²) < 4.78 is 5.82. The summed E-state index contributed by atoms with van der Waals surface area (Å²) in [7, 11) is 0. The van der Waals surface area contributed by atoms with Gasteiger partial charge in [-0.25, -0.2) is 0 Å². The minimum Gasteiger partial charge on any atom is -0.444 e. The zero-order valence-corrected chi connectivity index (χ0v) is 11.7. The highest BCUT2D eigenvalue weighted by Crippen LogP contribution is 2.21. The minimum absolute atomic E-state index is 0.115. The van der Waals surface area contributed by atoms with Gasteiger partial charge in [0.15, 0.2) is 10.4 Å². The van der Waals surface area contributed by atoms with Crippen LogP contribution in [-0.4, -0.2) is 34.8 Å². The van der Waals surface area contributed by atoms with Gasteiger partial charge >= 0.3 is 0 Å². The molecule has 1 aliphatic heterocycles. The zero-order chi connectivity index (χ0) is 13.1. The van der Waals surface area contributed by atoms with E-state index in [1.165, 1.54) is 0 Å². The number of hydrogen-bond acceptors (Lipinski definition) is 4. The van der Waals surface area contributed by atoms with Gasteiger partial charge in [0.1, 0.15) is 0 Å². The molecular weight excluding hydrogens is 300 g/mol. The lowest BCUT2D eigenvalue weighted by atomic mass is 9.93. The van der Waals surface area contributed by atoms with Crippen molar-refractivity contribution in [3.05, 3.63) is 22.6 Å². The Kier molecular flexibility index (Phi) is 4.06. The molecule has 2 rings (SSSR count). The van der Waals surface area contributed by atoms with E-state index >= 15 is 0 Å². The molecule has 1 aromatic rings. The van der Waals surface area contributed by atoms with Crippen LogP contribution in [0.15, 0.2) is 26.4 Å². The quantitative estimate of drug-likeness (QED) is 0.674. The molecule has 0 bridgehead atoms. The fourth-order valence-electron chi connectivity index (χ4n) is 2.18. The Bertz CT molecular complexity index is 470. The van der Waals surface area contributed by atoms with Gasteiger partial charge in [-0.3, -0.25) is 4.79 Å². The number of piperidine rings is 1. The molecule has 0 spiro atoms. The third kappa shape index (κ3) is 2.58. The summed E-state index contributed by atoms with van der Waals surface area (Å²) in [6.07, 6.45) is 1.47. The van der Waals surface area contributed by atoms with Crippen LogP contribution >= 0.6 is 15.9 Å². The molecule has 0 saturated carbocycles. The molecule has 0 aromatic carbocycles. The van der Waals surface area contributed by atoms with Gasteiger partial charge in [0.25, 0.3) is 5.91 Å². The SMILES string of the molecule is CCC1CN(C(=O)c2ccc(Br)o2)CC/C1=N\O. The number of carbonyl (C=O) groups is 1. The fraction of sp³-hybridized carbons (Fsp3) is 0.500. The normalized spacial score (nSPS) is 22.4. The van der Waals surface area contributed by atoms with Crippen molar-refractivity contribution < 1.29 is 14.4 Å². The van der Waals surface area contributed by atoms with Crippen molar-refractivity contribution in [3.63, 3.8) is 0 Å². The van der Waals surface area contributed by atoms with E-state index in [4.69, 9.17) is 9.62 Å². The summed E-state index contributed by atoms with van der Waals surface area (Å²) in [6, 6.07) is 3.36. The number of hydrogen-bond donors (Lipinski definition) is 1. The van der Waals surface area contributed by atoms with Crippen molar-refractivity contribution in [3.8, 4) is 0 Å². The fourth-order valence-corrected chi connectivity index (χ4v) is 2.49. The van der Waals surface area contributed by atoms with Crippen molar-refractivity contribution in [2.75, 3.05) is 13.1 Å². The molecule has 1 amide bonds. The highest BCUT2D eigenvalue weighted by molar-refractivity contribution is 9.10. The third-order valence-electron chi connectivity index (χ3n) is 3.24. The van der Waals surface area contributed by atoms with E-state index in [1.54, 1.807) is 17.0 Å². The largest absolute Gasteiger partial charge is 0.444 e. The van der Waals surface area contributed by atoms with Gasteiger partial charge in [-0.15, -0.1) is 0 Å². The van der Waals surface area contributed by atoms with Crippen molar-refractivity contribution in [1.29, 1.82) is 0 Å². The van der Waals surface area contributed by atoms with E-state index in [9.17, 15) is 4.79 Å². The van der Waals surface area contributed by atoms with Gasteiger partial charge in [0.2, 0.25) is 0 Å². The number of likely N-dealkylation sites (tertiary alicyclic amines) is 1. The summed E-state index contributed by atoms with van der Waals surface area (Å²) in [5.74, 6) is 0.350. The molecule has 1 fully saturated rings. The maximum Gasteiger partial charge on any atom is 0.289 e. The van der Waals surface area contributed by atoms with Crippen LogP contribution in [0.5, 0.6) is 0 Å². The molecule has 1 N–H and O–H groups in total. The van der Waals surface area contributed by atoms with Gasteiger partial charge in [0, 0.05) is 25.4 Å². The second-order valence-electron chi connectivity index (χ2n) is 4.30. The smallest absolute Gasteiger partial charge is 0.289 e. The summed E-state index contributed by atoms with van der Waals surface area (Å²) in [4.78, 5) is 13.9. The molecule has 98 valence electrons. The average molecular weight is 315 g/mol. The van der Waals surface area contributed by atoms with Gasteiger partial charge < -0.3 is 14.5 Å².